The van der Waals surface area contributed by atoms with E-state index in [2.05, 4.69) is 15.3 Å². The summed E-state index contributed by atoms with van der Waals surface area (Å²) in [6, 6.07) is 5.70. The Balaban J connectivity index is 2.75. The minimum Gasteiger partial charge on any atom is -0.278 e. The number of nitrogens with one attached hydrogen (secondary N) is 1. The zero-order chi connectivity index (χ0) is 7.40. The highest BCUT2D eigenvalue weighted by Crippen LogP contribution is 2.02. The van der Waals surface area contributed by atoms with Gasteiger partial charge in [-0.2, -0.15) is 0 Å². The molecule has 0 saturated carbocycles. The van der Waals surface area contributed by atoms with E-state index < -0.39 is 0 Å². The van der Waals surface area contributed by atoms with Gasteiger partial charge in [0.05, 0.1) is 7.11 Å². The highest BCUT2D eigenvalue weighted by Gasteiger charge is 1.89. The molecule has 0 saturated heterocycles. The Morgan fingerprint density at radius 2 is 2.30 bits per heavy atom. The van der Waals surface area contributed by atoms with Crippen molar-refractivity contribution in [1.82, 2.24) is 4.98 Å². The van der Waals surface area contributed by atoms with Gasteiger partial charge in [0.1, 0.15) is 5.82 Å². The summed E-state index contributed by atoms with van der Waals surface area (Å²) in [5.74, 6) is 0.738. The number of aromatic nitrogens is 1. The minimum absolute atomic E-state index is 0.738. The monoisotopic (exact) mass is 138 g/mol. The van der Waals surface area contributed by atoms with Crippen LogP contribution in [0.3, 0.4) is 0 Å². The molecule has 1 aromatic rings. The van der Waals surface area contributed by atoms with Gasteiger partial charge in [-0.1, -0.05) is 6.07 Å². The summed E-state index contributed by atoms with van der Waals surface area (Å²) in [6.45, 7) is 1.93. The molecule has 0 unspecified atom stereocenters. The van der Waals surface area contributed by atoms with Gasteiger partial charge < -0.3 is 0 Å². The fourth-order valence-electron chi connectivity index (χ4n) is 0.704. The quantitative estimate of drug-likeness (QED) is 0.626. The van der Waals surface area contributed by atoms with E-state index >= 15 is 0 Å². The average Bonchev–Trinajstić information content (AvgIpc) is 1.88. The topological polar surface area (TPSA) is 34.1 Å². The Kier molecular flexibility index (Phi) is 2.23. The second kappa shape index (κ2) is 3.17. The van der Waals surface area contributed by atoms with Gasteiger partial charge in [0.25, 0.3) is 0 Å². The van der Waals surface area contributed by atoms with Gasteiger partial charge in [-0.25, -0.2) is 10.5 Å². The maximum Gasteiger partial charge on any atom is 0.149 e. The third-order valence-electron chi connectivity index (χ3n) is 1.09. The molecule has 0 atom stereocenters. The van der Waals surface area contributed by atoms with Crippen molar-refractivity contribution in [3.63, 3.8) is 0 Å². The van der Waals surface area contributed by atoms with E-state index in [1.807, 2.05) is 25.1 Å². The smallest absolute Gasteiger partial charge is 0.149 e. The van der Waals surface area contributed by atoms with Crippen molar-refractivity contribution >= 4 is 5.82 Å². The molecule has 1 rings (SSSR count). The molecule has 0 amide bonds. The normalized spacial score (nSPS) is 9.40. The molecule has 0 radical (unpaired) electrons. The van der Waals surface area contributed by atoms with Crippen LogP contribution in [0.15, 0.2) is 18.2 Å². The van der Waals surface area contributed by atoms with Crippen LogP contribution >= 0.6 is 0 Å². The van der Waals surface area contributed by atoms with E-state index in [4.69, 9.17) is 0 Å². The molecule has 0 aliphatic carbocycles. The number of pyridine rings is 1. The molecule has 1 heterocycles. The first kappa shape index (κ1) is 7.02. The maximum absolute atomic E-state index is 4.67. The van der Waals surface area contributed by atoms with E-state index in [1.54, 1.807) is 7.11 Å². The van der Waals surface area contributed by atoms with Crippen LogP contribution in [0.25, 0.3) is 0 Å². The summed E-state index contributed by atoms with van der Waals surface area (Å²) in [5.41, 5.74) is 3.61. The van der Waals surface area contributed by atoms with Crippen molar-refractivity contribution in [3.05, 3.63) is 23.9 Å². The molecule has 3 nitrogen and oxygen atoms in total. The van der Waals surface area contributed by atoms with Crippen molar-refractivity contribution < 1.29 is 4.84 Å². The summed E-state index contributed by atoms with van der Waals surface area (Å²) in [6.07, 6.45) is 0. The fraction of sp³-hybridized carbons (Fsp3) is 0.286. The molecular formula is C7H10N2O. The third-order valence-corrected chi connectivity index (χ3v) is 1.09. The lowest BCUT2D eigenvalue weighted by Crippen LogP contribution is -1.98. The zero-order valence-corrected chi connectivity index (χ0v) is 6.09. The van der Waals surface area contributed by atoms with Gasteiger partial charge in [-0.3, -0.25) is 4.84 Å². The van der Waals surface area contributed by atoms with Crippen LogP contribution in [0.1, 0.15) is 5.69 Å². The van der Waals surface area contributed by atoms with E-state index in [0.29, 0.717) is 0 Å². The molecule has 0 fully saturated rings. The Morgan fingerprint density at radius 1 is 1.50 bits per heavy atom. The number of rotatable bonds is 2. The van der Waals surface area contributed by atoms with Crippen LogP contribution in [0.5, 0.6) is 0 Å². The Morgan fingerprint density at radius 3 is 2.90 bits per heavy atom. The van der Waals surface area contributed by atoms with Crippen LogP contribution in [0, 0.1) is 6.92 Å². The molecule has 0 aliphatic heterocycles. The van der Waals surface area contributed by atoms with E-state index in [-0.39, 0.29) is 0 Å². The lowest BCUT2D eigenvalue weighted by molar-refractivity contribution is 0.269. The summed E-state index contributed by atoms with van der Waals surface area (Å²) >= 11 is 0. The van der Waals surface area contributed by atoms with E-state index in [0.717, 1.165) is 11.5 Å². The summed E-state index contributed by atoms with van der Waals surface area (Å²) in [5, 5.41) is 0. The fourth-order valence-corrected chi connectivity index (χ4v) is 0.704. The van der Waals surface area contributed by atoms with Gasteiger partial charge in [-0.15, -0.1) is 0 Å². The molecule has 0 bridgehead atoms. The lowest BCUT2D eigenvalue weighted by Gasteiger charge is -2.00. The second-order valence-electron chi connectivity index (χ2n) is 1.97. The second-order valence-corrected chi connectivity index (χ2v) is 1.97. The standard InChI is InChI=1S/C7H10N2O/c1-6-4-3-5-7(8-6)9-10-2/h3-5H,1-2H3,(H,8,9). The number of aryl methyl sites for hydroxylation is 1. The van der Waals surface area contributed by atoms with Crippen molar-refractivity contribution in [1.29, 1.82) is 0 Å². The Hall–Kier alpha value is -1.09. The van der Waals surface area contributed by atoms with Crippen LogP contribution < -0.4 is 5.48 Å². The molecule has 10 heavy (non-hydrogen) atoms. The van der Waals surface area contributed by atoms with Crippen molar-refractivity contribution in [3.8, 4) is 0 Å². The first-order valence-electron chi connectivity index (χ1n) is 3.05. The zero-order valence-electron chi connectivity index (χ0n) is 6.09. The van der Waals surface area contributed by atoms with Crippen LogP contribution in [0.2, 0.25) is 0 Å². The van der Waals surface area contributed by atoms with Crippen LogP contribution in [-0.4, -0.2) is 12.1 Å². The van der Waals surface area contributed by atoms with Crippen molar-refractivity contribution in [2.45, 2.75) is 6.92 Å². The van der Waals surface area contributed by atoms with Gasteiger partial charge in [-0.05, 0) is 19.1 Å². The summed E-state index contributed by atoms with van der Waals surface area (Å²) in [4.78, 5) is 8.80. The van der Waals surface area contributed by atoms with E-state index in [1.165, 1.54) is 0 Å². The van der Waals surface area contributed by atoms with Crippen LogP contribution in [-0.2, 0) is 4.84 Å². The third kappa shape index (κ3) is 1.70. The Labute approximate surface area is 60.0 Å². The molecule has 0 spiro atoms. The predicted octanol–water partition coefficient (Wildman–Crippen LogP) is 1.36. The minimum atomic E-state index is 0.738. The molecule has 54 valence electrons. The first-order chi connectivity index (χ1) is 4.83. The average molecular weight is 138 g/mol. The van der Waals surface area contributed by atoms with Gasteiger partial charge >= 0.3 is 0 Å². The maximum atomic E-state index is 4.67. The van der Waals surface area contributed by atoms with Crippen molar-refractivity contribution in [2.75, 3.05) is 12.6 Å². The lowest BCUT2D eigenvalue weighted by atomic mass is 10.4. The summed E-state index contributed by atoms with van der Waals surface area (Å²) < 4.78 is 0. The molecule has 0 aliphatic rings. The molecule has 0 aromatic carbocycles. The van der Waals surface area contributed by atoms with Gasteiger partial charge in [0, 0.05) is 5.69 Å². The number of anilines is 1. The SMILES string of the molecule is CONc1cccc(C)n1. The van der Waals surface area contributed by atoms with Crippen molar-refractivity contribution in [2.24, 2.45) is 0 Å². The molecule has 3 heteroatoms. The van der Waals surface area contributed by atoms with Gasteiger partial charge in [0.15, 0.2) is 0 Å². The number of nitrogens with zero attached hydrogens (tertiary/aromatic N) is 1. The largest absolute Gasteiger partial charge is 0.278 e. The summed E-state index contributed by atoms with van der Waals surface area (Å²) in [7, 11) is 1.56. The van der Waals surface area contributed by atoms with Crippen LogP contribution in [0.4, 0.5) is 5.82 Å². The van der Waals surface area contributed by atoms with Gasteiger partial charge in [0.2, 0.25) is 0 Å². The molecule has 1 aromatic heterocycles. The number of hydrogen-bond donors (Lipinski definition) is 1. The molecular weight excluding hydrogens is 128 g/mol. The highest BCUT2D eigenvalue weighted by atomic mass is 16.6. The number of hydrogen-bond acceptors (Lipinski definition) is 3. The van der Waals surface area contributed by atoms with E-state index in [9.17, 15) is 0 Å². The first-order valence-corrected chi connectivity index (χ1v) is 3.05. The predicted molar refractivity (Wildman–Crippen MR) is 39.6 cm³/mol. The highest BCUT2D eigenvalue weighted by molar-refractivity contribution is 5.32. The molecule has 1 N–H and O–H groups in total. The Bertz CT molecular complexity index is 213.